The highest BCUT2D eigenvalue weighted by molar-refractivity contribution is 5.79. The summed E-state index contributed by atoms with van der Waals surface area (Å²) in [6.45, 7) is 1.22. The minimum absolute atomic E-state index is 0.375. The minimum Gasteiger partial charge on any atom is -0.490 e. The van der Waals surface area contributed by atoms with E-state index in [1.165, 1.54) is 6.42 Å². The van der Waals surface area contributed by atoms with Crippen LogP contribution in [0.5, 0.6) is 5.75 Å². The molecule has 0 unspecified atom stereocenters. The Morgan fingerprint density at radius 1 is 1.29 bits per heavy atom. The first-order valence-corrected chi connectivity index (χ1v) is 8.28. The van der Waals surface area contributed by atoms with Crippen LogP contribution in [-0.2, 0) is 20.1 Å². The van der Waals surface area contributed by atoms with Gasteiger partial charge in [-0.3, -0.25) is 9.67 Å². The first-order valence-electron chi connectivity index (χ1n) is 8.28. The normalized spacial score (nSPS) is 15.0. The van der Waals surface area contributed by atoms with Gasteiger partial charge in [0.2, 0.25) is 0 Å². The van der Waals surface area contributed by atoms with Crippen LogP contribution in [0.2, 0.25) is 0 Å². The van der Waals surface area contributed by atoms with Gasteiger partial charge in [-0.1, -0.05) is 18.2 Å². The number of aryl methyl sites for hydroxylation is 1. The maximum Gasteiger partial charge on any atom is 0.191 e. The van der Waals surface area contributed by atoms with E-state index in [0.29, 0.717) is 19.2 Å². The lowest BCUT2D eigenvalue weighted by molar-refractivity contribution is 0.119. The van der Waals surface area contributed by atoms with Gasteiger partial charge in [-0.15, -0.1) is 0 Å². The molecule has 1 aromatic heterocycles. The minimum atomic E-state index is 0.375. The molecule has 1 heterocycles. The third kappa shape index (κ3) is 4.04. The predicted octanol–water partition coefficient (Wildman–Crippen LogP) is 1.61. The third-order valence-corrected chi connectivity index (χ3v) is 4.21. The summed E-state index contributed by atoms with van der Waals surface area (Å²) < 4.78 is 7.80. The summed E-state index contributed by atoms with van der Waals surface area (Å²) in [5, 5.41) is 10.6. The van der Waals surface area contributed by atoms with Gasteiger partial charge < -0.3 is 15.4 Å². The zero-order valence-electron chi connectivity index (χ0n) is 14.2. The van der Waals surface area contributed by atoms with E-state index in [0.717, 1.165) is 35.9 Å². The lowest BCUT2D eigenvalue weighted by Gasteiger charge is -2.27. The fraction of sp³-hybridized carbons (Fsp3) is 0.471. The second-order valence-electron chi connectivity index (χ2n) is 5.86. The lowest BCUT2D eigenvalue weighted by Crippen LogP contribution is -2.37. The molecule has 0 amide bonds. The smallest absolute Gasteiger partial charge is 0.191 e. The zero-order valence-corrected chi connectivity index (χ0v) is 14.2. The highest BCUT2D eigenvalue weighted by Gasteiger charge is 2.20. The van der Waals surface area contributed by atoms with E-state index in [9.17, 15) is 0 Å². The van der Waals surface area contributed by atoms with Crippen LogP contribution in [0.3, 0.4) is 0 Å². The zero-order chi connectivity index (χ0) is 16.8. The molecule has 0 atom stereocenters. The van der Waals surface area contributed by atoms with Gasteiger partial charge in [0.25, 0.3) is 0 Å². The molecule has 1 fully saturated rings. The van der Waals surface area contributed by atoms with Gasteiger partial charge in [-0.25, -0.2) is 4.98 Å². The molecule has 24 heavy (non-hydrogen) atoms. The molecule has 1 aliphatic carbocycles. The Balaban J connectivity index is 1.54. The van der Waals surface area contributed by atoms with Crippen molar-refractivity contribution in [2.45, 2.75) is 38.5 Å². The van der Waals surface area contributed by atoms with E-state index in [2.05, 4.69) is 31.8 Å². The van der Waals surface area contributed by atoms with E-state index >= 15 is 0 Å². The average Bonchev–Trinajstić information content (AvgIpc) is 2.97. The van der Waals surface area contributed by atoms with Crippen molar-refractivity contribution in [3.8, 4) is 5.75 Å². The average molecular weight is 328 g/mol. The highest BCUT2D eigenvalue weighted by Crippen LogP contribution is 2.27. The van der Waals surface area contributed by atoms with Gasteiger partial charge in [0.15, 0.2) is 5.96 Å². The van der Waals surface area contributed by atoms with Crippen molar-refractivity contribution in [2.75, 3.05) is 7.05 Å². The van der Waals surface area contributed by atoms with Crippen LogP contribution < -0.4 is 15.4 Å². The first kappa shape index (κ1) is 16.3. The number of rotatable bonds is 6. The molecule has 128 valence electrons. The van der Waals surface area contributed by atoms with Crippen molar-refractivity contribution in [3.63, 3.8) is 0 Å². The van der Waals surface area contributed by atoms with E-state index in [1.807, 2.05) is 25.2 Å². The summed E-state index contributed by atoms with van der Waals surface area (Å²) in [7, 11) is 3.62. The van der Waals surface area contributed by atoms with Crippen LogP contribution in [0.25, 0.3) is 0 Å². The summed E-state index contributed by atoms with van der Waals surface area (Å²) in [6, 6.07) is 8.15. The number of ether oxygens (including phenoxy) is 1. The number of nitrogens with zero attached hydrogens (tertiary/aromatic N) is 4. The molecule has 2 N–H and O–H groups in total. The molecular formula is C17H24N6O. The number of hydrogen-bond donors (Lipinski definition) is 2. The maximum absolute atomic E-state index is 6.06. The van der Waals surface area contributed by atoms with E-state index in [-0.39, 0.29) is 0 Å². The van der Waals surface area contributed by atoms with E-state index in [4.69, 9.17) is 4.74 Å². The number of aliphatic imine (C=N–C) groups is 1. The Hall–Kier alpha value is -2.57. The van der Waals surface area contributed by atoms with Crippen molar-refractivity contribution in [1.29, 1.82) is 0 Å². The molecule has 7 nitrogen and oxygen atoms in total. The topological polar surface area (TPSA) is 76.4 Å². The van der Waals surface area contributed by atoms with Crippen LogP contribution in [0.4, 0.5) is 0 Å². The highest BCUT2D eigenvalue weighted by atomic mass is 16.5. The molecule has 1 saturated carbocycles. The molecule has 0 aliphatic heterocycles. The van der Waals surface area contributed by atoms with Gasteiger partial charge in [-0.2, -0.15) is 5.10 Å². The quantitative estimate of drug-likeness (QED) is 0.622. The fourth-order valence-corrected chi connectivity index (χ4v) is 2.48. The number of guanidine groups is 1. The molecule has 7 heteroatoms. The fourth-order valence-electron chi connectivity index (χ4n) is 2.48. The number of nitrogens with one attached hydrogen (secondary N) is 2. The van der Waals surface area contributed by atoms with E-state index in [1.54, 1.807) is 18.1 Å². The van der Waals surface area contributed by atoms with E-state index < -0.39 is 0 Å². The summed E-state index contributed by atoms with van der Waals surface area (Å²) in [4.78, 5) is 8.44. The summed E-state index contributed by atoms with van der Waals surface area (Å²) in [6.07, 6.45) is 5.50. The van der Waals surface area contributed by atoms with Crippen molar-refractivity contribution in [3.05, 3.63) is 42.0 Å². The Labute approximate surface area is 142 Å². The molecule has 1 aromatic carbocycles. The molecular weight excluding hydrogens is 304 g/mol. The van der Waals surface area contributed by atoms with Crippen LogP contribution in [0.1, 0.15) is 30.7 Å². The molecule has 0 bridgehead atoms. The van der Waals surface area contributed by atoms with Gasteiger partial charge in [-0.05, 0) is 25.3 Å². The second-order valence-corrected chi connectivity index (χ2v) is 5.86. The standard InChI is InChI=1S/C17H24N6O/c1-18-17(20-11-16-21-12-22-23(16)2)19-10-13-6-3-4-9-15(13)24-14-7-5-8-14/h3-4,6,9,12,14H,5,7-8,10-11H2,1-2H3,(H2,18,19,20). The largest absolute Gasteiger partial charge is 0.490 e. The maximum atomic E-state index is 6.06. The van der Waals surface area contributed by atoms with Crippen molar-refractivity contribution in [1.82, 2.24) is 25.4 Å². The lowest BCUT2D eigenvalue weighted by atomic mass is 9.96. The molecule has 0 saturated heterocycles. The molecule has 2 aromatic rings. The van der Waals surface area contributed by atoms with Gasteiger partial charge >= 0.3 is 0 Å². The Morgan fingerprint density at radius 3 is 2.75 bits per heavy atom. The molecule has 0 spiro atoms. The predicted molar refractivity (Wildman–Crippen MR) is 92.8 cm³/mol. The number of hydrogen-bond acceptors (Lipinski definition) is 4. The Morgan fingerprint density at radius 2 is 2.08 bits per heavy atom. The van der Waals surface area contributed by atoms with Crippen LogP contribution in [-0.4, -0.2) is 33.9 Å². The SMILES string of the molecule is CN=C(NCc1ccccc1OC1CCC1)NCc1ncnn1C. The summed E-state index contributed by atoms with van der Waals surface area (Å²) in [5.74, 6) is 2.53. The number of benzene rings is 1. The number of aromatic nitrogens is 3. The van der Waals surface area contributed by atoms with Crippen LogP contribution >= 0.6 is 0 Å². The summed E-state index contributed by atoms with van der Waals surface area (Å²) >= 11 is 0. The summed E-state index contributed by atoms with van der Waals surface area (Å²) in [5.41, 5.74) is 1.13. The Kier molecular flexibility index (Phi) is 5.30. The van der Waals surface area contributed by atoms with Crippen LogP contribution in [0, 0.1) is 0 Å². The van der Waals surface area contributed by atoms with Gasteiger partial charge in [0.05, 0.1) is 12.6 Å². The van der Waals surface area contributed by atoms with Gasteiger partial charge in [0.1, 0.15) is 17.9 Å². The second kappa shape index (κ2) is 7.81. The third-order valence-electron chi connectivity index (χ3n) is 4.21. The van der Waals surface area contributed by atoms with Crippen molar-refractivity contribution >= 4 is 5.96 Å². The molecule has 0 radical (unpaired) electrons. The molecule has 3 rings (SSSR count). The number of para-hydroxylation sites is 1. The van der Waals surface area contributed by atoms with Crippen molar-refractivity contribution < 1.29 is 4.74 Å². The first-order chi connectivity index (χ1) is 11.8. The Bertz CT molecular complexity index is 692. The monoisotopic (exact) mass is 328 g/mol. The van der Waals surface area contributed by atoms with Gasteiger partial charge in [0, 0.05) is 26.2 Å². The molecule has 1 aliphatic rings. The van der Waals surface area contributed by atoms with Crippen molar-refractivity contribution in [2.24, 2.45) is 12.0 Å². The van der Waals surface area contributed by atoms with Crippen LogP contribution in [0.15, 0.2) is 35.6 Å².